The fraction of sp³-hybridized carbons (Fsp3) is 0.190. The molecule has 2 aromatic rings. The van der Waals surface area contributed by atoms with Crippen LogP contribution in [0.25, 0.3) is 5.57 Å². The molecular formula is C21H19BF2N2O6S2. The molecule has 0 aliphatic carbocycles. The number of benzene rings is 1. The second kappa shape index (κ2) is 7.23. The largest absolute Gasteiger partial charge is 0.737 e. The standard InChI is InChI=1S/C21H19BF2N2O6S2/c1-6-15-7-9-16(10-8-15)17-18-11(2)20(33(27,28)29)13(4)25(18)22(23,24)26-14(5)21(34(30,31)32)12(3)19(17)26/h1,7-10H,2-5H3,(H,27,28,29)(H,30,31,32). The van der Waals surface area contributed by atoms with Gasteiger partial charge in [-0.1, -0.05) is 18.1 Å². The third kappa shape index (κ3) is 3.14. The van der Waals surface area contributed by atoms with E-state index >= 15 is 8.63 Å². The number of terminal acetylenes is 1. The van der Waals surface area contributed by atoms with Crippen LogP contribution in [0.3, 0.4) is 0 Å². The Labute approximate surface area is 195 Å². The molecule has 13 heteroatoms. The van der Waals surface area contributed by atoms with Crippen molar-refractivity contribution in [2.45, 2.75) is 32.6 Å². The molecule has 0 atom stereocenters. The molecule has 0 amide bonds. The quantitative estimate of drug-likeness (QED) is 0.374. The van der Waals surface area contributed by atoms with E-state index in [2.05, 4.69) is 5.92 Å². The van der Waals surface area contributed by atoms with Crippen molar-refractivity contribution in [2.75, 3.05) is 0 Å². The summed E-state index contributed by atoms with van der Waals surface area (Å²) in [6.07, 6.45) is 5.41. The van der Waals surface area contributed by atoms with Crippen LogP contribution in [0.5, 0.6) is 0 Å². The molecule has 1 aromatic carbocycles. The van der Waals surface area contributed by atoms with Gasteiger partial charge in [-0.3, -0.25) is 9.11 Å². The van der Waals surface area contributed by atoms with Crippen LogP contribution in [0, 0.1) is 26.2 Å². The Hall–Kier alpha value is -3.05. The van der Waals surface area contributed by atoms with Crippen LogP contribution in [-0.4, -0.2) is 47.6 Å². The molecule has 4 rings (SSSR count). The van der Waals surface area contributed by atoms with Crippen molar-refractivity contribution in [3.63, 3.8) is 0 Å². The molecule has 178 valence electrons. The number of hydrogen-bond donors (Lipinski definition) is 2. The predicted molar refractivity (Wildman–Crippen MR) is 123 cm³/mol. The summed E-state index contributed by atoms with van der Waals surface area (Å²) in [5.74, 6) is 2.44. The van der Waals surface area contributed by atoms with Crippen LogP contribution in [-0.2, 0) is 20.2 Å². The van der Waals surface area contributed by atoms with Crippen molar-refractivity contribution in [3.8, 4) is 12.3 Å². The molecule has 2 N–H and O–H groups in total. The van der Waals surface area contributed by atoms with Gasteiger partial charge < -0.3 is 17.6 Å². The van der Waals surface area contributed by atoms with E-state index in [1.807, 2.05) is 0 Å². The van der Waals surface area contributed by atoms with Crippen LogP contribution < -0.4 is 0 Å². The molecule has 0 fully saturated rings. The summed E-state index contributed by atoms with van der Waals surface area (Å²) in [7, 11) is -9.75. The first-order chi connectivity index (χ1) is 15.5. The second-order valence-electron chi connectivity index (χ2n) is 8.15. The van der Waals surface area contributed by atoms with Gasteiger partial charge >= 0.3 is 17.1 Å². The van der Waals surface area contributed by atoms with Gasteiger partial charge in [-0.25, -0.2) is 0 Å². The lowest BCUT2D eigenvalue weighted by atomic mass is 9.83. The molecule has 2 aliphatic rings. The van der Waals surface area contributed by atoms with Crippen molar-refractivity contribution >= 4 is 38.5 Å². The molecule has 34 heavy (non-hydrogen) atoms. The second-order valence-corrected chi connectivity index (χ2v) is 10.9. The lowest BCUT2D eigenvalue weighted by molar-refractivity contribution is -0.363. The minimum absolute atomic E-state index is 0.0994. The molecule has 0 bridgehead atoms. The summed E-state index contributed by atoms with van der Waals surface area (Å²) in [4.78, 5) is -1.31. The van der Waals surface area contributed by atoms with Gasteiger partial charge in [-0.2, -0.15) is 16.8 Å². The monoisotopic (exact) mass is 508 g/mol. The topological polar surface area (TPSA) is 117 Å². The molecular weight excluding hydrogens is 489 g/mol. The highest BCUT2D eigenvalue weighted by molar-refractivity contribution is 7.91. The van der Waals surface area contributed by atoms with E-state index in [9.17, 15) is 25.9 Å². The minimum Gasteiger partial charge on any atom is -0.392 e. The van der Waals surface area contributed by atoms with Gasteiger partial charge in [0.2, 0.25) is 0 Å². The van der Waals surface area contributed by atoms with Gasteiger partial charge in [0, 0.05) is 29.4 Å². The summed E-state index contributed by atoms with van der Waals surface area (Å²) in [5, 5.41) is 0. The van der Waals surface area contributed by atoms with Crippen LogP contribution in [0.15, 0.2) is 45.3 Å². The Morgan fingerprint density at radius 1 is 1.00 bits per heavy atom. The number of halogens is 2. The summed E-state index contributed by atoms with van der Waals surface area (Å²) in [5.41, 5.74) is -0.535. The van der Waals surface area contributed by atoms with Gasteiger partial charge in [0.25, 0.3) is 10.1 Å². The minimum atomic E-state index is -4.88. The van der Waals surface area contributed by atoms with E-state index in [0.717, 1.165) is 13.8 Å². The van der Waals surface area contributed by atoms with Crippen LogP contribution in [0.4, 0.5) is 8.63 Å². The maximum atomic E-state index is 16.1. The van der Waals surface area contributed by atoms with Crippen molar-refractivity contribution in [3.05, 3.63) is 68.5 Å². The molecule has 0 unspecified atom stereocenters. The zero-order chi connectivity index (χ0) is 25.5. The SMILES string of the molecule is C#Cc1ccc(C2=C3C(C)=C(S(=O)(=O)O)C(C)=[N+]3[B-](F)(F)n3c(C)c(S(=O)(=O)O)c(C)c32)cc1. The molecule has 0 saturated carbocycles. The summed E-state index contributed by atoms with van der Waals surface area (Å²) in [6.45, 7) is 0.0101. The Morgan fingerprint density at radius 2 is 1.56 bits per heavy atom. The fourth-order valence-corrected chi connectivity index (χ4v) is 6.97. The average molecular weight is 508 g/mol. The highest BCUT2D eigenvalue weighted by Gasteiger charge is 2.58. The number of rotatable bonds is 3. The zero-order valence-corrected chi connectivity index (χ0v) is 20.1. The third-order valence-electron chi connectivity index (χ3n) is 6.20. The van der Waals surface area contributed by atoms with Crippen molar-refractivity contribution < 1.29 is 39.1 Å². The summed E-state index contributed by atoms with van der Waals surface area (Å²) < 4.78 is 101. The Balaban J connectivity index is 2.30. The number of allylic oxidation sites excluding steroid dienone is 2. The predicted octanol–water partition coefficient (Wildman–Crippen LogP) is 2.98. The highest BCUT2D eigenvalue weighted by Crippen LogP contribution is 2.47. The first kappa shape index (κ1) is 24.1. The highest BCUT2D eigenvalue weighted by atomic mass is 32.2. The van der Waals surface area contributed by atoms with Gasteiger partial charge in [0.1, 0.15) is 4.90 Å². The van der Waals surface area contributed by atoms with Crippen LogP contribution in [0.2, 0.25) is 0 Å². The smallest absolute Gasteiger partial charge is 0.392 e. The van der Waals surface area contributed by atoms with Crippen LogP contribution in [0.1, 0.15) is 41.9 Å². The van der Waals surface area contributed by atoms with Crippen LogP contribution >= 0.6 is 0 Å². The Morgan fingerprint density at radius 3 is 2.03 bits per heavy atom. The van der Waals surface area contributed by atoms with E-state index in [1.165, 1.54) is 13.8 Å². The lowest BCUT2D eigenvalue weighted by Crippen LogP contribution is -2.51. The number of hydrogen-bond acceptors (Lipinski definition) is 4. The number of fused-ring (bicyclic) bond motifs is 2. The van der Waals surface area contributed by atoms with Gasteiger partial charge in [0.05, 0.1) is 5.57 Å². The lowest BCUT2D eigenvalue weighted by Gasteiger charge is -2.33. The molecule has 0 saturated heterocycles. The molecule has 1 aromatic heterocycles. The number of nitrogens with zero attached hydrogens (tertiary/aromatic N) is 2. The average Bonchev–Trinajstić information content (AvgIpc) is 3.13. The van der Waals surface area contributed by atoms with Crippen molar-refractivity contribution in [2.24, 2.45) is 0 Å². The zero-order valence-electron chi connectivity index (χ0n) is 18.5. The summed E-state index contributed by atoms with van der Waals surface area (Å²) in [6, 6.07) is 6.19. The maximum Gasteiger partial charge on any atom is 0.737 e. The normalized spacial score (nSPS) is 17.7. The third-order valence-corrected chi connectivity index (χ3v) is 8.44. The molecule has 0 radical (unpaired) electrons. The summed E-state index contributed by atoms with van der Waals surface area (Å²) >= 11 is 0. The molecule has 2 aliphatic heterocycles. The Bertz CT molecular complexity index is 1660. The first-order valence-corrected chi connectivity index (χ1v) is 12.8. The van der Waals surface area contributed by atoms with Gasteiger partial charge in [0.15, 0.2) is 16.3 Å². The molecule has 8 nitrogen and oxygen atoms in total. The first-order valence-electron chi connectivity index (χ1n) is 9.90. The fourth-order valence-electron chi connectivity index (χ4n) is 5.06. The van der Waals surface area contributed by atoms with E-state index < -0.39 is 48.4 Å². The van der Waals surface area contributed by atoms with Gasteiger partial charge in [-0.15, -0.1) is 6.42 Å². The van der Waals surface area contributed by atoms with Crippen molar-refractivity contribution in [1.82, 2.24) is 4.48 Å². The van der Waals surface area contributed by atoms with E-state index in [-0.39, 0.29) is 28.1 Å². The number of aromatic nitrogens is 1. The van der Waals surface area contributed by atoms with E-state index in [1.54, 1.807) is 24.3 Å². The van der Waals surface area contributed by atoms with Crippen molar-refractivity contribution in [1.29, 1.82) is 0 Å². The molecule has 0 spiro atoms. The Kier molecular flexibility index (Phi) is 5.12. The maximum absolute atomic E-state index is 16.1. The van der Waals surface area contributed by atoms with E-state index in [4.69, 9.17) is 6.42 Å². The van der Waals surface area contributed by atoms with E-state index in [0.29, 0.717) is 20.1 Å². The van der Waals surface area contributed by atoms with Gasteiger partial charge in [-0.05, 0) is 44.0 Å². The molecule has 3 heterocycles.